The van der Waals surface area contributed by atoms with Gasteiger partial charge in [-0.2, -0.15) is 0 Å². The van der Waals surface area contributed by atoms with Gasteiger partial charge >= 0.3 is 0 Å². The molecule has 0 radical (unpaired) electrons. The van der Waals surface area contributed by atoms with Crippen LogP contribution in [0.25, 0.3) is 0 Å². The Morgan fingerprint density at radius 1 is 1.17 bits per heavy atom. The molecular formula is C16H19NO. The van der Waals surface area contributed by atoms with Gasteiger partial charge in [0.2, 0.25) is 0 Å². The first-order chi connectivity index (χ1) is 8.70. The van der Waals surface area contributed by atoms with E-state index in [9.17, 15) is 5.11 Å². The number of rotatable bonds is 4. The highest BCUT2D eigenvalue weighted by Crippen LogP contribution is 2.51. The van der Waals surface area contributed by atoms with Gasteiger partial charge in [-0.1, -0.05) is 29.8 Å². The third kappa shape index (κ3) is 2.03. The molecule has 1 saturated carbocycles. The van der Waals surface area contributed by atoms with Crippen molar-refractivity contribution < 1.29 is 5.11 Å². The average Bonchev–Trinajstić information content (AvgIpc) is 3.05. The Morgan fingerprint density at radius 2 is 1.89 bits per heavy atom. The second-order valence-electron chi connectivity index (χ2n) is 5.46. The Labute approximate surface area is 108 Å². The molecule has 1 N–H and O–H groups in total. The Hall–Kier alpha value is -1.70. The van der Waals surface area contributed by atoms with E-state index < -0.39 is 0 Å². The topological polar surface area (TPSA) is 25.2 Å². The van der Waals surface area contributed by atoms with Gasteiger partial charge in [0, 0.05) is 12.7 Å². The van der Waals surface area contributed by atoms with Crippen molar-refractivity contribution in [3.8, 4) is 5.88 Å². The first-order valence-corrected chi connectivity index (χ1v) is 6.61. The van der Waals surface area contributed by atoms with Gasteiger partial charge in [0.1, 0.15) is 0 Å². The number of aromatic hydroxyl groups is 1. The summed E-state index contributed by atoms with van der Waals surface area (Å²) in [5, 5.41) is 9.64. The third-order valence-electron chi connectivity index (χ3n) is 4.15. The maximum Gasteiger partial charge on any atom is 0.190 e. The molecule has 0 aliphatic heterocycles. The Balaban J connectivity index is 1.72. The van der Waals surface area contributed by atoms with Crippen molar-refractivity contribution in [3.05, 3.63) is 53.7 Å². The van der Waals surface area contributed by atoms with Crippen LogP contribution >= 0.6 is 0 Å². The largest absolute Gasteiger partial charge is 0.494 e. The molecule has 2 aromatic rings. The first kappa shape index (κ1) is 11.4. The normalized spacial score (nSPS) is 16.7. The lowest BCUT2D eigenvalue weighted by molar-refractivity contribution is 0.404. The van der Waals surface area contributed by atoms with Crippen LogP contribution in [-0.2, 0) is 12.0 Å². The summed E-state index contributed by atoms with van der Waals surface area (Å²) >= 11 is 0. The summed E-state index contributed by atoms with van der Waals surface area (Å²) in [4.78, 5) is 0. The van der Waals surface area contributed by atoms with Crippen molar-refractivity contribution in [2.24, 2.45) is 0 Å². The van der Waals surface area contributed by atoms with Gasteiger partial charge in [-0.25, -0.2) is 0 Å². The highest BCUT2D eigenvalue weighted by Gasteiger charge is 2.43. The van der Waals surface area contributed by atoms with Crippen LogP contribution in [0, 0.1) is 6.92 Å². The second kappa shape index (κ2) is 4.20. The maximum absolute atomic E-state index is 9.64. The van der Waals surface area contributed by atoms with Gasteiger partial charge in [-0.05, 0) is 49.3 Å². The van der Waals surface area contributed by atoms with Crippen molar-refractivity contribution in [1.82, 2.24) is 4.57 Å². The SMILES string of the molecule is Cc1ccc(C2(CCn3cccc3O)CC2)cc1. The number of aryl methyl sites for hydroxylation is 2. The monoisotopic (exact) mass is 241 g/mol. The molecule has 0 atom stereocenters. The number of hydrogen-bond acceptors (Lipinski definition) is 1. The molecular weight excluding hydrogens is 222 g/mol. The lowest BCUT2D eigenvalue weighted by atomic mass is 9.92. The zero-order chi connectivity index (χ0) is 12.6. The predicted molar refractivity (Wildman–Crippen MR) is 72.8 cm³/mol. The molecule has 2 nitrogen and oxygen atoms in total. The molecule has 1 aromatic carbocycles. The molecule has 1 aliphatic rings. The molecule has 1 heterocycles. The van der Waals surface area contributed by atoms with E-state index in [1.807, 2.05) is 16.8 Å². The van der Waals surface area contributed by atoms with Crippen LogP contribution in [0.1, 0.15) is 30.4 Å². The summed E-state index contributed by atoms with van der Waals surface area (Å²) in [6, 6.07) is 12.5. The van der Waals surface area contributed by atoms with Crippen molar-refractivity contribution >= 4 is 0 Å². The second-order valence-corrected chi connectivity index (χ2v) is 5.46. The minimum absolute atomic E-state index is 0.365. The molecule has 94 valence electrons. The third-order valence-corrected chi connectivity index (χ3v) is 4.15. The van der Waals surface area contributed by atoms with E-state index in [1.54, 1.807) is 6.07 Å². The Kier molecular flexibility index (Phi) is 2.66. The molecule has 0 spiro atoms. The van der Waals surface area contributed by atoms with E-state index in [0.717, 1.165) is 13.0 Å². The summed E-state index contributed by atoms with van der Waals surface area (Å²) in [6.07, 6.45) is 5.61. The highest BCUT2D eigenvalue weighted by atomic mass is 16.3. The van der Waals surface area contributed by atoms with Crippen molar-refractivity contribution in [1.29, 1.82) is 0 Å². The van der Waals surface area contributed by atoms with Crippen LogP contribution in [-0.4, -0.2) is 9.67 Å². The van der Waals surface area contributed by atoms with E-state index in [1.165, 1.54) is 24.0 Å². The van der Waals surface area contributed by atoms with Gasteiger partial charge in [0.25, 0.3) is 0 Å². The quantitative estimate of drug-likeness (QED) is 0.869. The van der Waals surface area contributed by atoms with Crippen molar-refractivity contribution in [2.45, 2.75) is 38.1 Å². The number of nitrogens with zero attached hydrogens (tertiary/aromatic N) is 1. The zero-order valence-corrected chi connectivity index (χ0v) is 10.8. The lowest BCUT2D eigenvalue weighted by Crippen LogP contribution is -2.10. The van der Waals surface area contributed by atoms with Crippen LogP contribution in [0.3, 0.4) is 0 Å². The summed E-state index contributed by atoms with van der Waals surface area (Å²) in [6.45, 7) is 3.02. The number of benzene rings is 1. The zero-order valence-electron chi connectivity index (χ0n) is 10.8. The fourth-order valence-corrected chi connectivity index (χ4v) is 2.67. The molecule has 1 aromatic heterocycles. The van der Waals surface area contributed by atoms with Gasteiger partial charge in [-0.3, -0.25) is 0 Å². The molecule has 2 heteroatoms. The van der Waals surface area contributed by atoms with Crippen LogP contribution in [0.4, 0.5) is 0 Å². The molecule has 0 amide bonds. The molecule has 18 heavy (non-hydrogen) atoms. The van der Waals surface area contributed by atoms with E-state index in [-0.39, 0.29) is 0 Å². The number of hydrogen-bond donors (Lipinski definition) is 1. The molecule has 0 unspecified atom stereocenters. The van der Waals surface area contributed by atoms with Crippen LogP contribution < -0.4 is 0 Å². The average molecular weight is 241 g/mol. The van der Waals surface area contributed by atoms with E-state index in [4.69, 9.17) is 0 Å². The van der Waals surface area contributed by atoms with Crippen LogP contribution in [0.15, 0.2) is 42.6 Å². The molecule has 0 bridgehead atoms. The molecule has 0 saturated heterocycles. The molecule has 3 rings (SSSR count). The van der Waals surface area contributed by atoms with Crippen molar-refractivity contribution in [2.75, 3.05) is 0 Å². The maximum atomic E-state index is 9.64. The molecule has 1 fully saturated rings. The van der Waals surface area contributed by atoms with Crippen LogP contribution in [0.5, 0.6) is 5.88 Å². The fourth-order valence-electron chi connectivity index (χ4n) is 2.67. The van der Waals surface area contributed by atoms with Gasteiger partial charge in [0.15, 0.2) is 5.88 Å². The Bertz CT molecular complexity index is 534. The van der Waals surface area contributed by atoms with Gasteiger partial charge in [-0.15, -0.1) is 0 Å². The summed E-state index contributed by atoms with van der Waals surface area (Å²) in [5.74, 6) is 0.370. The first-order valence-electron chi connectivity index (χ1n) is 6.61. The summed E-state index contributed by atoms with van der Waals surface area (Å²) in [5.41, 5.74) is 3.14. The van der Waals surface area contributed by atoms with Crippen molar-refractivity contribution in [3.63, 3.8) is 0 Å². The molecule has 1 aliphatic carbocycles. The van der Waals surface area contributed by atoms with E-state index in [0.29, 0.717) is 11.3 Å². The van der Waals surface area contributed by atoms with Crippen LogP contribution in [0.2, 0.25) is 0 Å². The van der Waals surface area contributed by atoms with Gasteiger partial charge < -0.3 is 9.67 Å². The standard InChI is InChI=1S/C16H19NO/c1-13-4-6-14(7-5-13)16(8-9-16)10-12-17-11-2-3-15(17)18/h2-7,11,18H,8-10,12H2,1H3. The smallest absolute Gasteiger partial charge is 0.190 e. The Morgan fingerprint density at radius 3 is 2.44 bits per heavy atom. The highest BCUT2D eigenvalue weighted by molar-refractivity contribution is 5.33. The summed E-state index contributed by atoms with van der Waals surface area (Å²) < 4.78 is 1.92. The predicted octanol–water partition coefficient (Wildman–Crippen LogP) is 3.62. The minimum Gasteiger partial charge on any atom is -0.494 e. The fraction of sp³-hybridized carbons (Fsp3) is 0.375. The van der Waals surface area contributed by atoms with E-state index >= 15 is 0 Å². The summed E-state index contributed by atoms with van der Waals surface area (Å²) in [7, 11) is 0. The number of aromatic nitrogens is 1. The minimum atomic E-state index is 0.365. The van der Waals surface area contributed by atoms with E-state index in [2.05, 4.69) is 31.2 Å². The van der Waals surface area contributed by atoms with Gasteiger partial charge in [0.05, 0.1) is 0 Å². The lowest BCUT2D eigenvalue weighted by Gasteiger charge is -2.16.